The van der Waals surface area contributed by atoms with Gasteiger partial charge in [0.05, 0.1) is 0 Å². The number of amides is 2. The van der Waals surface area contributed by atoms with Gasteiger partial charge in [-0.2, -0.15) is 0 Å². The van der Waals surface area contributed by atoms with Crippen LogP contribution in [0.3, 0.4) is 0 Å². The van der Waals surface area contributed by atoms with Crippen molar-refractivity contribution in [1.82, 2.24) is 0 Å². The first kappa shape index (κ1) is 26.5. The van der Waals surface area contributed by atoms with Gasteiger partial charge in [-0.1, -0.05) is 53.9 Å². The average molecular weight is 331 g/mol. The van der Waals surface area contributed by atoms with Crippen LogP contribution in [0.4, 0.5) is 0 Å². The highest BCUT2D eigenvalue weighted by Crippen LogP contribution is 2.17. The number of hydrogen-bond donors (Lipinski definition) is 2. The SMILES string of the molecule is CC(=O)CC(C)C.CCCCC(CCC(C)C)C(N)=O.NC=O. The molecule has 0 radical (unpaired) electrons. The predicted molar refractivity (Wildman–Crippen MR) is 96.7 cm³/mol. The van der Waals surface area contributed by atoms with E-state index in [0.29, 0.717) is 11.8 Å². The number of hydrogen-bond acceptors (Lipinski definition) is 3. The summed E-state index contributed by atoms with van der Waals surface area (Å²) < 4.78 is 0. The van der Waals surface area contributed by atoms with Gasteiger partial charge >= 0.3 is 0 Å². The molecule has 0 rings (SSSR count). The van der Waals surface area contributed by atoms with Gasteiger partial charge in [0.2, 0.25) is 12.3 Å². The van der Waals surface area contributed by atoms with E-state index in [2.05, 4.69) is 26.5 Å². The highest BCUT2D eigenvalue weighted by atomic mass is 16.1. The van der Waals surface area contributed by atoms with Crippen molar-refractivity contribution >= 4 is 18.1 Å². The van der Waals surface area contributed by atoms with E-state index in [1.54, 1.807) is 6.92 Å². The van der Waals surface area contributed by atoms with Gasteiger partial charge in [-0.15, -0.1) is 0 Å². The molecule has 5 heteroatoms. The Bertz CT molecular complexity index is 303. The van der Waals surface area contributed by atoms with E-state index < -0.39 is 0 Å². The maximum Gasteiger partial charge on any atom is 0.220 e. The molecular formula is C18H38N2O3. The van der Waals surface area contributed by atoms with Crippen LogP contribution in [0.1, 0.15) is 80.1 Å². The molecule has 1 atom stereocenters. The molecule has 0 aliphatic heterocycles. The number of primary amides is 2. The fourth-order valence-corrected chi connectivity index (χ4v) is 1.99. The highest BCUT2D eigenvalue weighted by molar-refractivity contribution is 5.76. The minimum absolute atomic E-state index is 0.113. The first-order chi connectivity index (χ1) is 10.6. The molecule has 0 aromatic heterocycles. The van der Waals surface area contributed by atoms with Crippen molar-refractivity contribution in [2.45, 2.75) is 80.1 Å². The number of nitrogens with two attached hydrogens (primary N) is 2. The molecule has 0 aliphatic rings. The maximum absolute atomic E-state index is 11.0. The van der Waals surface area contributed by atoms with Crippen LogP contribution >= 0.6 is 0 Å². The standard InChI is InChI=1S/C11H23NO.C6H12O.CH3NO/c1-4-5-6-10(11(12)13)8-7-9(2)3;1-5(2)4-6(3)7;2-1-3/h9-10H,4-8H2,1-3H3,(H2,12,13);5H,4H2,1-3H3;1H,(H2,2,3). The summed E-state index contributed by atoms with van der Waals surface area (Å²) in [5.41, 5.74) is 9.49. The molecule has 0 bridgehead atoms. The van der Waals surface area contributed by atoms with E-state index >= 15 is 0 Å². The molecule has 0 aromatic carbocycles. The van der Waals surface area contributed by atoms with Gasteiger partial charge in [-0.05, 0) is 31.6 Å². The predicted octanol–water partition coefficient (Wildman–Crippen LogP) is 3.44. The Labute approximate surface area is 142 Å². The van der Waals surface area contributed by atoms with Gasteiger partial charge in [0.25, 0.3) is 0 Å². The van der Waals surface area contributed by atoms with Crippen molar-refractivity contribution < 1.29 is 14.4 Å². The van der Waals surface area contributed by atoms with E-state index in [4.69, 9.17) is 10.5 Å². The molecular weight excluding hydrogens is 292 g/mol. The summed E-state index contributed by atoms with van der Waals surface area (Å²) in [5, 5.41) is 0. The van der Waals surface area contributed by atoms with Gasteiger partial charge in [0.15, 0.2) is 0 Å². The Balaban J connectivity index is -0.000000335. The summed E-state index contributed by atoms with van der Waals surface area (Å²) in [7, 11) is 0. The van der Waals surface area contributed by atoms with Crippen LogP contribution in [-0.2, 0) is 14.4 Å². The number of carbonyl (C=O) groups excluding carboxylic acids is 3. The largest absolute Gasteiger partial charge is 0.372 e. The summed E-state index contributed by atoms with van der Waals surface area (Å²) in [6.45, 7) is 12.2. The van der Waals surface area contributed by atoms with E-state index in [9.17, 15) is 9.59 Å². The molecule has 0 fully saturated rings. The van der Waals surface area contributed by atoms with Crippen LogP contribution in [0.5, 0.6) is 0 Å². The number of rotatable bonds is 9. The van der Waals surface area contributed by atoms with Crippen LogP contribution in [0.2, 0.25) is 0 Å². The number of unbranched alkanes of at least 4 members (excludes halogenated alkanes) is 1. The first-order valence-corrected chi connectivity index (χ1v) is 8.56. The summed E-state index contributed by atoms with van der Waals surface area (Å²) in [6.07, 6.45) is 6.28. The Morgan fingerprint density at radius 2 is 1.48 bits per heavy atom. The molecule has 138 valence electrons. The van der Waals surface area contributed by atoms with Crippen molar-refractivity contribution in [3.05, 3.63) is 0 Å². The van der Waals surface area contributed by atoms with E-state index in [1.165, 1.54) is 0 Å². The van der Waals surface area contributed by atoms with E-state index in [-0.39, 0.29) is 24.0 Å². The van der Waals surface area contributed by atoms with Gasteiger partial charge in [0, 0.05) is 12.3 Å². The van der Waals surface area contributed by atoms with Gasteiger partial charge in [-0.3, -0.25) is 9.59 Å². The molecule has 0 aliphatic carbocycles. The zero-order valence-corrected chi connectivity index (χ0v) is 15.9. The zero-order chi connectivity index (χ0) is 18.8. The fourth-order valence-electron chi connectivity index (χ4n) is 1.99. The van der Waals surface area contributed by atoms with E-state index in [1.807, 2.05) is 13.8 Å². The third-order valence-electron chi connectivity index (χ3n) is 3.10. The number of carbonyl (C=O) groups is 3. The Morgan fingerprint density at radius 3 is 1.70 bits per heavy atom. The summed E-state index contributed by atoms with van der Waals surface area (Å²) in [5.74, 6) is 1.48. The van der Waals surface area contributed by atoms with Crippen molar-refractivity contribution in [1.29, 1.82) is 0 Å². The topological polar surface area (TPSA) is 103 Å². The molecule has 1 unspecified atom stereocenters. The van der Waals surface area contributed by atoms with Crippen LogP contribution in [-0.4, -0.2) is 18.1 Å². The molecule has 0 saturated heterocycles. The lowest BCUT2D eigenvalue weighted by molar-refractivity contribution is -0.122. The average Bonchev–Trinajstić information content (AvgIpc) is 2.38. The molecule has 5 nitrogen and oxygen atoms in total. The molecule has 4 N–H and O–H groups in total. The van der Waals surface area contributed by atoms with Crippen molar-refractivity contribution in [3.63, 3.8) is 0 Å². The third kappa shape index (κ3) is 29.3. The molecule has 0 heterocycles. The normalized spacial score (nSPS) is 11.0. The van der Waals surface area contributed by atoms with Crippen molar-refractivity contribution in [2.75, 3.05) is 0 Å². The second kappa shape index (κ2) is 18.7. The molecule has 0 spiro atoms. The molecule has 0 aromatic rings. The Morgan fingerprint density at radius 1 is 1.00 bits per heavy atom. The molecule has 0 saturated carbocycles. The zero-order valence-electron chi connectivity index (χ0n) is 15.9. The molecule has 2 amide bonds. The van der Waals surface area contributed by atoms with Crippen LogP contribution in [0.25, 0.3) is 0 Å². The highest BCUT2D eigenvalue weighted by Gasteiger charge is 2.14. The van der Waals surface area contributed by atoms with Crippen molar-refractivity contribution in [2.24, 2.45) is 29.2 Å². The number of ketones is 1. The van der Waals surface area contributed by atoms with Crippen LogP contribution in [0.15, 0.2) is 0 Å². The Hall–Kier alpha value is -1.39. The fraction of sp³-hybridized carbons (Fsp3) is 0.833. The molecule has 23 heavy (non-hydrogen) atoms. The second-order valence-corrected chi connectivity index (χ2v) is 6.65. The van der Waals surface area contributed by atoms with Gasteiger partial charge in [0.1, 0.15) is 5.78 Å². The first-order valence-electron chi connectivity index (χ1n) is 8.56. The lowest BCUT2D eigenvalue weighted by Gasteiger charge is -2.13. The summed E-state index contributed by atoms with van der Waals surface area (Å²) >= 11 is 0. The number of Topliss-reactive ketones (excluding diaryl/α,β-unsaturated/α-hetero) is 1. The smallest absolute Gasteiger partial charge is 0.220 e. The van der Waals surface area contributed by atoms with E-state index in [0.717, 1.165) is 38.5 Å². The van der Waals surface area contributed by atoms with Gasteiger partial charge < -0.3 is 16.3 Å². The van der Waals surface area contributed by atoms with Crippen molar-refractivity contribution in [3.8, 4) is 0 Å². The summed E-state index contributed by atoms with van der Waals surface area (Å²) in [6, 6.07) is 0. The third-order valence-corrected chi connectivity index (χ3v) is 3.10. The van der Waals surface area contributed by atoms with Crippen LogP contribution < -0.4 is 11.5 Å². The minimum Gasteiger partial charge on any atom is -0.372 e. The lowest BCUT2D eigenvalue weighted by Crippen LogP contribution is -2.23. The second-order valence-electron chi connectivity index (χ2n) is 6.65. The van der Waals surface area contributed by atoms with Gasteiger partial charge in [-0.25, -0.2) is 0 Å². The lowest BCUT2D eigenvalue weighted by atomic mass is 9.93. The quantitative estimate of drug-likeness (QED) is 0.633. The summed E-state index contributed by atoms with van der Waals surface area (Å²) in [4.78, 5) is 29.9. The minimum atomic E-state index is -0.117. The Kier molecular flexibility index (Phi) is 21.5. The maximum atomic E-state index is 11.0. The van der Waals surface area contributed by atoms with Crippen LogP contribution in [0, 0.1) is 17.8 Å². The monoisotopic (exact) mass is 330 g/mol.